The lowest BCUT2D eigenvalue weighted by atomic mass is 10.1. The maximum absolute atomic E-state index is 10.6. The third kappa shape index (κ3) is 3.96. The van der Waals surface area contributed by atoms with E-state index in [4.69, 9.17) is 5.73 Å². The second kappa shape index (κ2) is 6.56. The number of carbonyl (C=O) groups excluding carboxylic acids is 1. The molecule has 0 aromatic heterocycles. The number of halogens is 1. The highest BCUT2D eigenvalue weighted by Crippen LogP contribution is 2.26. The molecule has 1 heterocycles. The van der Waals surface area contributed by atoms with Gasteiger partial charge in [0, 0.05) is 28.8 Å². The van der Waals surface area contributed by atoms with Crippen LogP contribution in [0, 0.1) is 0 Å². The molecule has 0 bridgehead atoms. The quantitative estimate of drug-likeness (QED) is 0.662. The number of anilines is 1. The van der Waals surface area contributed by atoms with Gasteiger partial charge < -0.3 is 10.6 Å². The van der Waals surface area contributed by atoms with Crippen molar-refractivity contribution in [1.82, 2.24) is 5.43 Å². The van der Waals surface area contributed by atoms with E-state index >= 15 is 0 Å². The summed E-state index contributed by atoms with van der Waals surface area (Å²) in [5.74, 6) is 0. The van der Waals surface area contributed by atoms with Crippen molar-refractivity contribution in [1.29, 1.82) is 0 Å². The molecule has 1 fully saturated rings. The van der Waals surface area contributed by atoms with Gasteiger partial charge in [0.2, 0.25) is 0 Å². The van der Waals surface area contributed by atoms with Gasteiger partial charge in [-0.15, -0.1) is 0 Å². The largest absolute Gasteiger partial charge is 0.371 e. The smallest absolute Gasteiger partial charge is 0.332 e. The Kier molecular flexibility index (Phi) is 4.79. The molecule has 1 aliphatic rings. The Labute approximate surface area is 121 Å². The van der Waals surface area contributed by atoms with Crippen LogP contribution in [0.4, 0.5) is 10.5 Å². The van der Waals surface area contributed by atoms with Crippen LogP contribution in [0.1, 0.15) is 24.8 Å². The maximum atomic E-state index is 10.6. The first-order chi connectivity index (χ1) is 9.16. The molecule has 6 heteroatoms. The summed E-state index contributed by atoms with van der Waals surface area (Å²) in [4.78, 5) is 13.0. The number of rotatable bonds is 3. The van der Waals surface area contributed by atoms with E-state index in [0.29, 0.717) is 0 Å². The van der Waals surface area contributed by atoms with E-state index in [0.717, 1.165) is 28.8 Å². The van der Waals surface area contributed by atoms with Crippen LogP contribution in [0.5, 0.6) is 0 Å². The zero-order valence-corrected chi connectivity index (χ0v) is 12.2. The number of nitrogens with two attached hydrogens (primary N) is 1. The molecule has 0 spiro atoms. The first kappa shape index (κ1) is 13.9. The van der Waals surface area contributed by atoms with Gasteiger partial charge in [0.25, 0.3) is 0 Å². The predicted octanol–water partition coefficient (Wildman–Crippen LogP) is 2.44. The van der Waals surface area contributed by atoms with Gasteiger partial charge >= 0.3 is 6.03 Å². The second-order valence-electron chi connectivity index (χ2n) is 4.49. The van der Waals surface area contributed by atoms with Crippen LogP contribution < -0.4 is 16.1 Å². The van der Waals surface area contributed by atoms with Gasteiger partial charge in [-0.1, -0.05) is 15.9 Å². The number of piperidine rings is 1. The zero-order valence-electron chi connectivity index (χ0n) is 10.6. The third-order valence-electron chi connectivity index (χ3n) is 3.06. The second-order valence-corrected chi connectivity index (χ2v) is 5.40. The summed E-state index contributed by atoms with van der Waals surface area (Å²) in [7, 11) is 0. The molecule has 1 aliphatic heterocycles. The van der Waals surface area contributed by atoms with E-state index < -0.39 is 6.03 Å². The Hall–Kier alpha value is -1.56. The van der Waals surface area contributed by atoms with Crippen molar-refractivity contribution >= 4 is 33.9 Å². The van der Waals surface area contributed by atoms with Crippen LogP contribution in [0.15, 0.2) is 27.8 Å². The molecule has 1 saturated heterocycles. The van der Waals surface area contributed by atoms with E-state index in [1.165, 1.54) is 19.3 Å². The third-order valence-corrected chi connectivity index (χ3v) is 3.56. The molecule has 0 saturated carbocycles. The van der Waals surface area contributed by atoms with E-state index in [-0.39, 0.29) is 0 Å². The van der Waals surface area contributed by atoms with E-state index in [1.54, 1.807) is 6.21 Å². The number of nitrogens with zero attached hydrogens (tertiary/aromatic N) is 2. The molecule has 3 N–H and O–H groups in total. The Bertz CT molecular complexity index is 484. The van der Waals surface area contributed by atoms with Gasteiger partial charge in [0.05, 0.1) is 6.21 Å². The first-order valence-electron chi connectivity index (χ1n) is 6.30. The van der Waals surface area contributed by atoms with Crippen LogP contribution in [-0.2, 0) is 0 Å². The SMILES string of the molecule is NC(=O)NN=Cc1cc(Br)ccc1N1CCCCC1. The first-order valence-corrected chi connectivity index (χ1v) is 7.09. The standard InChI is InChI=1S/C13H17BrN4O/c14-11-4-5-12(18-6-2-1-3-7-18)10(8-11)9-16-17-13(15)19/h4-5,8-9H,1-3,6-7H2,(H3,15,17,19). The van der Waals surface area contributed by atoms with Crippen molar-refractivity contribution in [2.24, 2.45) is 10.8 Å². The molecule has 102 valence electrons. The molecule has 1 aromatic carbocycles. The molecule has 2 rings (SSSR count). The van der Waals surface area contributed by atoms with Gasteiger partial charge in [0.1, 0.15) is 0 Å². The summed E-state index contributed by atoms with van der Waals surface area (Å²) in [6.45, 7) is 2.12. The summed E-state index contributed by atoms with van der Waals surface area (Å²) in [5.41, 5.74) is 9.30. The van der Waals surface area contributed by atoms with Crippen molar-refractivity contribution in [3.63, 3.8) is 0 Å². The summed E-state index contributed by atoms with van der Waals surface area (Å²) >= 11 is 3.45. The number of hydrazone groups is 1. The molecular weight excluding hydrogens is 308 g/mol. The fourth-order valence-electron chi connectivity index (χ4n) is 2.22. The average Bonchev–Trinajstić information content (AvgIpc) is 2.39. The van der Waals surface area contributed by atoms with Gasteiger partial charge in [-0.05, 0) is 37.5 Å². The van der Waals surface area contributed by atoms with Crippen molar-refractivity contribution in [2.45, 2.75) is 19.3 Å². The van der Waals surface area contributed by atoms with Crippen LogP contribution in [0.25, 0.3) is 0 Å². The molecule has 0 unspecified atom stereocenters. The van der Waals surface area contributed by atoms with Gasteiger partial charge in [-0.3, -0.25) is 0 Å². The van der Waals surface area contributed by atoms with Crippen LogP contribution >= 0.6 is 15.9 Å². The topological polar surface area (TPSA) is 70.7 Å². The lowest BCUT2D eigenvalue weighted by Crippen LogP contribution is -2.30. The van der Waals surface area contributed by atoms with E-state index in [2.05, 4.69) is 37.4 Å². The van der Waals surface area contributed by atoms with Crippen molar-refractivity contribution in [2.75, 3.05) is 18.0 Å². The van der Waals surface area contributed by atoms with Crippen molar-refractivity contribution in [3.05, 3.63) is 28.2 Å². The summed E-state index contributed by atoms with van der Waals surface area (Å²) < 4.78 is 0.980. The Morgan fingerprint density at radius 1 is 1.37 bits per heavy atom. The zero-order chi connectivity index (χ0) is 13.7. The number of carbonyl (C=O) groups is 1. The minimum atomic E-state index is -0.661. The fraction of sp³-hybridized carbons (Fsp3) is 0.385. The van der Waals surface area contributed by atoms with Gasteiger partial charge in [0.15, 0.2) is 0 Å². The maximum Gasteiger partial charge on any atom is 0.332 e. The van der Waals surface area contributed by atoms with Crippen LogP contribution in [0.2, 0.25) is 0 Å². The average molecular weight is 325 g/mol. The molecular formula is C13H17BrN4O. The number of urea groups is 1. The number of amides is 2. The molecule has 19 heavy (non-hydrogen) atoms. The minimum Gasteiger partial charge on any atom is -0.371 e. The number of benzene rings is 1. The monoisotopic (exact) mass is 324 g/mol. The van der Waals surface area contributed by atoms with Crippen LogP contribution in [0.3, 0.4) is 0 Å². The highest BCUT2D eigenvalue weighted by Gasteiger charge is 2.13. The van der Waals surface area contributed by atoms with Crippen LogP contribution in [-0.4, -0.2) is 25.3 Å². The van der Waals surface area contributed by atoms with E-state index in [1.807, 2.05) is 12.1 Å². The lowest BCUT2D eigenvalue weighted by Gasteiger charge is -2.30. The molecule has 2 amide bonds. The summed E-state index contributed by atoms with van der Waals surface area (Å²) in [5, 5.41) is 3.84. The highest BCUT2D eigenvalue weighted by atomic mass is 79.9. The lowest BCUT2D eigenvalue weighted by molar-refractivity contribution is 0.249. The number of primary amides is 1. The fourth-order valence-corrected chi connectivity index (χ4v) is 2.60. The Morgan fingerprint density at radius 2 is 2.11 bits per heavy atom. The normalized spacial score (nSPS) is 15.7. The summed E-state index contributed by atoms with van der Waals surface area (Å²) in [6, 6.07) is 5.41. The molecule has 0 atom stereocenters. The van der Waals surface area contributed by atoms with Gasteiger partial charge in [-0.25, -0.2) is 10.2 Å². The molecule has 0 radical (unpaired) electrons. The highest BCUT2D eigenvalue weighted by molar-refractivity contribution is 9.10. The number of nitrogens with one attached hydrogen (secondary N) is 1. The Morgan fingerprint density at radius 3 is 2.79 bits per heavy atom. The predicted molar refractivity (Wildman–Crippen MR) is 80.5 cm³/mol. The molecule has 0 aliphatic carbocycles. The number of hydrogen-bond acceptors (Lipinski definition) is 3. The minimum absolute atomic E-state index is 0.661. The van der Waals surface area contributed by atoms with E-state index in [9.17, 15) is 4.79 Å². The van der Waals surface area contributed by atoms with Gasteiger partial charge in [-0.2, -0.15) is 5.10 Å². The Balaban J connectivity index is 2.21. The molecule has 5 nitrogen and oxygen atoms in total. The van der Waals surface area contributed by atoms with Crippen molar-refractivity contribution < 1.29 is 4.79 Å². The van der Waals surface area contributed by atoms with Crippen molar-refractivity contribution in [3.8, 4) is 0 Å². The summed E-state index contributed by atoms with van der Waals surface area (Å²) in [6.07, 6.45) is 5.34. The number of hydrogen-bond donors (Lipinski definition) is 2. The molecule has 1 aromatic rings.